The Bertz CT molecular complexity index is 1400. The van der Waals surface area contributed by atoms with Crippen molar-refractivity contribution in [3.63, 3.8) is 0 Å². The zero-order chi connectivity index (χ0) is 23.4. The van der Waals surface area contributed by atoms with Crippen LogP contribution in [0.15, 0.2) is 36.7 Å². The quantitative estimate of drug-likeness (QED) is 0.346. The second-order valence-corrected chi connectivity index (χ2v) is 9.79. The van der Waals surface area contributed by atoms with Crippen molar-refractivity contribution in [1.29, 1.82) is 0 Å². The van der Waals surface area contributed by atoms with Gasteiger partial charge in [-0.25, -0.2) is 19.3 Å². The van der Waals surface area contributed by atoms with Crippen molar-refractivity contribution >= 4 is 22.8 Å². The number of benzene rings is 1. The van der Waals surface area contributed by atoms with Crippen molar-refractivity contribution in [2.24, 2.45) is 0 Å². The maximum absolute atomic E-state index is 14.8. The van der Waals surface area contributed by atoms with Crippen LogP contribution in [-0.4, -0.2) is 31.3 Å². The van der Waals surface area contributed by atoms with E-state index in [1.54, 1.807) is 12.1 Å². The molecule has 2 aliphatic rings. The highest BCUT2D eigenvalue weighted by Gasteiger charge is 2.30. The number of hydrogen-bond donors (Lipinski definition) is 0. The molecule has 3 aromatic heterocycles. The Morgan fingerprint density at radius 2 is 1.88 bits per heavy atom. The molecule has 0 amide bonds. The fourth-order valence-electron chi connectivity index (χ4n) is 4.74. The van der Waals surface area contributed by atoms with E-state index in [0.717, 1.165) is 40.9 Å². The van der Waals surface area contributed by atoms with E-state index < -0.39 is 5.82 Å². The van der Waals surface area contributed by atoms with Crippen LogP contribution in [0.4, 0.5) is 4.39 Å². The van der Waals surface area contributed by atoms with E-state index in [0.29, 0.717) is 34.6 Å². The lowest BCUT2D eigenvalue weighted by atomic mass is 9.86. The van der Waals surface area contributed by atoms with Crippen molar-refractivity contribution in [2.45, 2.75) is 57.6 Å². The molecular weight excluding hydrogens is 453 g/mol. The summed E-state index contributed by atoms with van der Waals surface area (Å²) in [6.45, 7) is 4.51. The number of aromatic nitrogens is 5. The Morgan fingerprint density at radius 3 is 2.68 bits per heavy atom. The molecule has 2 fully saturated rings. The lowest BCUT2D eigenvalue weighted by Crippen LogP contribution is -2.19. The summed E-state index contributed by atoms with van der Waals surface area (Å²) in [7, 11) is 0. The smallest absolute Gasteiger partial charge is 0.179 e. The molecule has 1 aromatic carbocycles. The maximum atomic E-state index is 14.8. The van der Waals surface area contributed by atoms with E-state index in [1.807, 2.05) is 26.1 Å². The SMILES string of the molecule is Cc1nc2nc(-c3ccc(Cl)cc3F)cc([C@@H]3CCO[C@@H](c4cnn(C5CC5)c4)C3)c2nc1C. The summed E-state index contributed by atoms with van der Waals surface area (Å²) in [6, 6.07) is 7.17. The summed E-state index contributed by atoms with van der Waals surface area (Å²) < 4.78 is 23.0. The molecule has 6 rings (SSSR count). The van der Waals surface area contributed by atoms with Gasteiger partial charge in [-0.1, -0.05) is 11.6 Å². The molecule has 1 saturated carbocycles. The number of halogens is 2. The number of ether oxygens (including phenoxy) is 1. The van der Waals surface area contributed by atoms with Gasteiger partial charge in [0.25, 0.3) is 0 Å². The molecule has 174 valence electrons. The Kier molecular flexibility index (Phi) is 5.34. The molecule has 0 unspecified atom stereocenters. The third-order valence-corrected chi connectivity index (χ3v) is 7.16. The Hall–Kier alpha value is -2.90. The van der Waals surface area contributed by atoms with Crippen molar-refractivity contribution in [3.8, 4) is 11.3 Å². The maximum Gasteiger partial charge on any atom is 0.179 e. The van der Waals surface area contributed by atoms with Gasteiger partial charge in [0.15, 0.2) is 5.65 Å². The van der Waals surface area contributed by atoms with Crippen LogP contribution in [0.5, 0.6) is 0 Å². The highest BCUT2D eigenvalue weighted by molar-refractivity contribution is 6.30. The predicted octanol–water partition coefficient (Wildman–Crippen LogP) is 6.27. The average molecular weight is 478 g/mol. The largest absolute Gasteiger partial charge is 0.373 e. The highest BCUT2D eigenvalue weighted by Crippen LogP contribution is 2.42. The molecular formula is C26H25ClFN5O. The van der Waals surface area contributed by atoms with E-state index in [-0.39, 0.29) is 12.0 Å². The Balaban J connectivity index is 1.43. The predicted molar refractivity (Wildman–Crippen MR) is 128 cm³/mol. The van der Waals surface area contributed by atoms with E-state index in [2.05, 4.69) is 16.0 Å². The van der Waals surface area contributed by atoms with Crippen LogP contribution in [0.1, 0.15) is 66.3 Å². The van der Waals surface area contributed by atoms with Gasteiger partial charge in [-0.3, -0.25) is 4.68 Å². The van der Waals surface area contributed by atoms with Crippen LogP contribution >= 0.6 is 11.6 Å². The van der Waals surface area contributed by atoms with Gasteiger partial charge in [-0.2, -0.15) is 5.10 Å². The van der Waals surface area contributed by atoms with Crippen LogP contribution in [-0.2, 0) is 4.74 Å². The van der Waals surface area contributed by atoms with Gasteiger partial charge in [0.05, 0.1) is 35.4 Å². The van der Waals surface area contributed by atoms with Gasteiger partial charge >= 0.3 is 0 Å². The minimum atomic E-state index is -0.403. The molecule has 8 heteroatoms. The number of nitrogens with zero attached hydrogens (tertiary/aromatic N) is 5. The van der Waals surface area contributed by atoms with Gasteiger partial charge in [0.2, 0.25) is 0 Å². The average Bonchev–Trinajstić information content (AvgIpc) is 3.56. The van der Waals surface area contributed by atoms with Gasteiger partial charge < -0.3 is 4.74 Å². The normalized spacial score (nSPS) is 20.7. The molecule has 1 aliphatic heterocycles. The minimum absolute atomic E-state index is 0.0373. The van der Waals surface area contributed by atoms with Gasteiger partial charge in [-0.15, -0.1) is 0 Å². The number of rotatable bonds is 4. The fourth-order valence-corrected chi connectivity index (χ4v) is 4.90. The van der Waals surface area contributed by atoms with Crippen LogP contribution in [0, 0.1) is 19.7 Å². The topological polar surface area (TPSA) is 65.7 Å². The van der Waals surface area contributed by atoms with Gasteiger partial charge in [0, 0.05) is 29.0 Å². The molecule has 0 radical (unpaired) electrons. The Labute approximate surface area is 202 Å². The second kappa shape index (κ2) is 8.40. The highest BCUT2D eigenvalue weighted by atomic mass is 35.5. The zero-order valence-corrected chi connectivity index (χ0v) is 19.9. The minimum Gasteiger partial charge on any atom is -0.373 e. The van der Waals surface area contributed by atoms with E-state index in [4.69, 9.17) is 31.3 Å². The van der Waals surface area contributed by atoms with Gasteiger partial charge in [-0.05, 0) is 75.3 Å². The first-order valence-electron chi connectivity index (χ1n) is 11.7. The Morgan fingerprint density at radius 1 is 1.06 bits per heavy atom. The monoisotopic (exact) mass is 477 g/mol. The molecule has 0 N–H and O–H groups in total. The second-order valence-electron chi connectivity index (χ2n) is 9.35. The number of aryl methyl sites for hydroxylation is 2. The molecule has 0 spiro atoms. The van der Waals surface area contributed by atoms with Crippen molar-refractivity contribution < 1.29 is 9.13 Å². The van der Waals surface area contributed by atoms with Gasteiger partial charge in [0.1, 0.15) is 11.3 Å². The number of hydrogen-bond acceptors (Lipinski definition) is 5. The summed E-state index contributed by atoms with van der Waals surface area (Å²) in [5.41, 5.74) is 6.09. The molecule has 1 saturated heterocycles. The lowest BCUT2D eigenvalue weighted by Gasteiger charge is -2.30. The van der Waals surface area contributed by atoms with E-state index in [9.17, 15) is 4.39 Å². The third kappa shape index (κ3) is 3.97. The summed E-state index contributed by atoms with van der Waals surface area (Å²) in [4.78, 5) is 14.3. The lowest BCUT2D eigenvalue weighted by molar-refractivity contribution is 0.00540. The molecule has 4 heterocycles. The summed E-state index contributed by atoms with van der Waals surface area (Å²) in [6.07, 6.45) is 8.05. The van der Waals surface area contributed by atoms with Crippen LogP contribution < -0.4 is 0 Å². The summed E-state index contributed by atoms with van der Waals surface area (Å²) in [5, 5.41) is 4.90. The zero-order valence-electron chi connectivity index (χ0n) is 19.1. The summed E-state index contributed by atoms with van der Waals surface area (Å²) >= 11 is 5.99. The van der Waals surface area contributed by atoms with Crippen molar-refractivity contribution in [1.82, 2.24) is 24.7 Å². The third-order valence-electron chi connectivity index (χ3n) is 6.93. The van der Waals surface area contributed by atoms with Crippen LogP contribution in [0.25, 0.3) is 22.4 Å². The fraction of sp³-hybridized carbons (Fsp3) is 0.385. The first kappa shape index (κ1) is 21.6. The molecule has 1 aliphatic carbocycles. The first-order chi connectivity index (χ1) is 16.5. The molecule has 34 heavy (non-hydrogen) atoms. The molecule has 2 atom stereocenters. The standard InChI is InChI=1S/C26H25ClFN5O/c1-14-15(2)31-26-25(30-14)21(11-23(32-26)20-6-3-18(27)10-22(20)28)16-7-8-34-24(9-16)17-12-29-33(13-17)19-4-5-19/h3,6,10-13,16,19,24H,4-5,7-9H2,1-2H3/t16-,24-/m1/s1. The molecule has 4 aromatic rings. The number of pyridine rings is 1. The van der Waals surface area contributed by atoms with Crippen LogP contribution in [0.2, 0.25) is 5.02 Å². The van der Waals surface area contributed by atoms with Crippen molar-refractivity contribution in [3.05, 3.63) is 70.0 Å². The van der Waals surface area contributed by atoms with Crippen molar-refractivity contribution in [2.75, 3.05) is 6.61 Å². The van der Waals surface area contributed by atoms with E-state index in [1.165, 1.54) is 18.9 Å². The first-order valence-corrected chi connectivity index (χ1v) is 12.1. The molecule has 6 nitrogen and oxygen atoms in total. The number of fused-ring (bicyclic) bond motifs is 1. The van der Waals surface area contributed by atoms with E-state index >= 15 is 0 Å². The molecule has 0 bridgehead atoms. The summed E-state index contributed by atoms with van der Waals surface area (Å²) in [5.74, 6) is -0.224. The van der Waals surface area contributed by atoms with Crippen LogP contribution in [0.3, 0.4) is 0 Å².